The Bertz CT molecular complexity index is 1750. The second-order valence-electron chi connectivity index (χ2n) is 12.1. The average Bonchev–Trinajstić information content (AvgIpc) is 3.65. The Morgan fingerprint density at radius 2 is 1.65 bits per heavy atom. The van der Waals surface area contributed by atoms with Crippen molar-refractivity contribution < 1.29 is 24.3 Å². The molecule has 2 aliphatic heterocycles. The molecule has 11 nitrogen and oxygen atoms in total. The summed E-state index contributed by atoms with van der Waals surface area (Å²) < 4.78 is 0. The number of para-hydroxylation sites is 1. The lowest BCUT2D eigenvalue weighted by atomic mass is 10.0. The molecule has 2 aliphatic rings. The molecule has 0 unspecified atom stereocenters. The van der Waals surface area contributed by atoms with Gasteiger partial charge in [-0.3, -0.25) is 19.2 Å². The maximum absolute atomic E-state index is 14.3. The first-order valence-corrected chi connectivity index (χ1v) is 15.6. The number of benzene rings is 3. The number of carbonyl (C=O) groups is 4. The van der Waals surface area contributed by atoms with Gasteiger partial charge < -0.3 is 36.7 Å². The zero-order chi connectivity index (χ0) is 32.4. The third-order valence-electron chi connectivity index (χ3n) is 9.06. The topological polar surface area (TPSA) is 175 Å². The molecule has 0 saturated carbocycles. The van der Waals surface area contributed by atoms with E-state index in [2.05, 4.69) is 10.3 Å². The largest absolute Gasteiger partial charge is 0.508 e. The fourth-order valence-corrected chi connectivity index (χ4v) is 6.70. The number of nitrogens with zero attached hydrogens (tertiary/aromatic N) is 2. The Morgan fingerprint density at radius 3 is 2.39 bits per heavy atom. The number of H-pyrrole nitrogens is 1. The highest BCUT2D eigenvalue weighted by atomic mass is 16.3. The summed E-state index contributed by atoms with van der Waals surface area (Å²) in [6.45, 7) is 0.494. The van der Waals surface area contributed by atoms with Crippen LogP contribution in [0.5, 0.6) is 5.75 Å². The Kier molecular flexibility index (Phi) is 8.76. The van der Waals surface area contributed by atoms with Gasteiger partial charge in [0.05, 0.1) is 12.6 Å². The van der Waals surface area contributed by atoms with Crippen LogP contribution < -0.4 is 16.8 Å². The number of amides is 4. The molecule has 7 N–H and O–H groups in total. The van der Waals surface area contributed by atoms with Gasteiger partial charge in [-0.05, 0) is 54.2 Å². The number of aromatic nitrogens is 1. The number of fused-ring (bicyclic) bond motifs is 3. The summed E-state index contributed by atoms with van der Waals surface area (Å²) in [5, 5.41) is 13.5. The molecule has 4 aromatic rings. The van der Waals surface area contributed by atoms with Crippen molar-refractivity contribution in [3.63, 3.8) is 0 Å². The van der Waals surface area contributed by atoms with Crippen molar-refractivity contribution >= 4 is 34.5 Å². The van der Waals surface area contributed by atoms with Gasteiger partial charge in [-0.25, -0.2) is 0 Å². The fraction of sp³-hybridized carbons (Fsp3) is 0.314. The first-order chi connectivity index (χ1) is 22.2. The van der Waals surface area contributed by atoms with E-state index in [1.165, 1.54) is 21.9 Å². The number of aromatic hydroxyl groups is 1. The molecule has 1 saturated heterocycles. The number of nitrogens with two attached hydrogens (primary N) is 2. The van der Waals surface area contributed by atoms with Crippen LogP contribution in [0.3, 0.4) is 0 Å². The van der Waals surface area contributed by atoms with Crippen LogP contribution in [-0.4, -0.2) is 74.2 Å². The lowest BCUT2D eigenvalue weighted by molar-refractivity contribution is -0.144. The van der Waals surface area contributed by atoms with Gasteiger partial charge in [0.15, 0.2) is 0 Å². The third-order valence-corrected chi connectivity index (χ3v) is 9.06. The van der Waals surface area contributed by atoms with E-state index >= 15 is 0 Å². The summed E-state index contributed by atoms with van der Waals surface area (Å²) >= 11 is 0. The molecule has 4 atom stereocenters. The van der Waals surface area contributed by atoms with Gasteiger partial charge >= 0.3 is 0 Å². The van der Waals surface area contributed by atoms with Crippen molar-refractivity contribution in [2.24, 2.45) is 11.5 Å². The Hall–Kier alpha value is -5.16. The van der Waals surface area contributed by atoms with E-state index in [-0.39, 0.29) is 37.5 Å². The molecule has 3 heterocycles. The smallest absolute Gasteiger partial charge is 0.246 e. The second-order valence-corrected chi connectivity index (χ2v) is 12.1. The molecule has 238 valence electrons. The van der Waals surface area contributed by atoms with E-state index in [0.717, 1.165) is 33.3 Å². The van der Waals surface area contributed by atoms with E-state index in [1.807, 2.05) is 54.6 Å². The zero-order valence-corrected chi connectivity index (χ0v) is 25.4. The molecule has 1 fully saturated rings. The van der Waals surface area contributed by atoms with Gasteiger partial charge in [0.1, 0.15) is 23.9 Å². The normalized spacial score (nSPS) is 19.4. The van der Waals surface area contributed by atoms with Crippen LogP contribution in [0.4, 0.5) is 0 Å². The van der Waals surface area contributed by atoms with Crippen LogP contribution >= 0.6 is 0 Å². The number of primary amides is 1. The van der Waals surface area contributed by atoms with Crippen LogP contribution in [0.15, 0.2) is 78.9 Å². The average molecular weight is 623 g/mol. The summed E-state index contributed by atoms with van der Waals surface area (Å²) in [5.41, 5.74) is 16.4. The number of rotatable bonds is 9. The number of hydrogen-bond donors (Lipinski definition) is 5. The molecule has 6 rings (SSSR count). The number of carbonyl (C=O) groups excluding carboxylic acids is 4. The van der Waals surface area contributed by atoms with Crippen molar-refractivity contribution in [3.8, 4) is 5.75 Å². The number of hydrogen-bond acceptors (Lipinski definition) is 6. The molecule has 1 aromatic heterocycles. The highest BCUT2D eigenvalue weighted by Gasteiger charge is 2.41. The fourth-order valence-electron chi connectivity index (χ4n) is 6.70. The summed E-state index contributed by atoms with van der Waals surface area (Å²) in [5.74, 6) is -1.73. The molecular weight excluding hydrogens is 584 g/mol. The Labute approximate surface area is 266 Å². The lowest BCUT2D eigenvalue weighted by Gasteiger charge is -2.32. The standard InChI is InChI=1S/C35H38N6O5/c36-26(17-22-12-14-23(42)15-13-22)34(45)40-16-6-11-30(40)33(44)39-28-19-25-24-9-4-5-10-27(24)38-29(25)20-41(35(28)46)31(32(37)43)18-21-7-2-1-3-8-21/h1-5,7-10,12-15,26,28,30-31,38,42H,6,11,16-20,36H2,(H2,37,43)(H,39,44)/t26-,28-,30-,31-/m0/s1. The second kappa shape index (κ2) is 13.1. The van der Waals surface area contributed by atoms with Crippen LogP contribution in [0.25, 0.3) is 10.9 Å². The minimum Gasteiger partial charge on any atom is -0.508 e. The predicted octanol–water partition coefficient (Wildman–Crippen LogP) is 1.90. The molecule has 11 heteroatoms. The van der Waals surface area contributed by atoms with Crippen molar-refractivity contribution in [2.45, 2.75) is 62.8 Å². The minimum absolute atomic E-state index is 0.119. The summed E-state index contributed by atoms with van der Waals surface area (Å²) in [6.07, 6.45) is 1.73. The number of nitrogens with one attached hydrogen (secondary N) is 2. The number of phenols is 1. The van der Waals surface area contributed by atoms with Gasteiger partial charge in [-0.15, -0.1) is 0 Å². The molecule has 0 spiro atoms. The molecule has 0 bridgehead atoms. The number of likely N-dealkylation sites (tertiary alicyclic amines) is 1. The van der Waals surface area contributed by atoms with E-state index in [4.69, 9.17) is 11.5 Å². The number of phenolic OH excluding ortho intramolecular Hbond substituents is 1. The monoisotopic (exact) mass is 622 g/mol. The first-order valence-electron chi connectivity index (χ1n) is 15.6. The third kappa shape index (κ3) is 6.32. The van der Waals surface area contributed by atoms with Crippen molar-refractivity contribution in [1.82, 2.24) is 20.1 Å². The Balaban J connectivity index is 1.26. The lowest BCUT2D eigenvalue weighted by Crippen LogP contribution is -2.58. The van der Waals surface area contributed by atoms with E-state index in [0.29, 0.717) is 19.4 Å². The summed E-state index contributed by atoms with van der Waals surface area (Å²) in [7, 11) is 0. The molecule has 4 amide bonds. The molecule has 3 aromatic carbocycles. The van der Waals surface area contributed by atoms with Crippen LogP contribution in [0.1, 0.15) is 35.2 Å². The van der Waals surface area contributed by atoms with Crippen molar-refractivity contribution in [2.75, 3.05) is 6.54 Å². The maximum Gasteiger partial charge on any atom is 0.246 e. The van der Waals surface area contributed by atoms with E-state index in [9.17, 15) is 24.3 Å². The van der Waals surface area contributed by atoms with E-state index in [1.54, 1.807) is 12.1 Å². The van der Waals surface area contributed by atoms with Gasteiger partial charge in [-0.2, -0.15) is 0 Å². The van der Waals surface area contributed by atoms with Crippen LogP contribution in [0.2, 0.25) is 0 Å². The molecule has 0 aliphatic carbocycles. The Morgan fingerprint density at radius 1 is 0.957 bits per heavy atom. The zero-order valence-electron chi connectivity index (χ0n) is 25.4. The van der Waals surface area contributed by atoms with Crippen LogP contribution in [0, 0.1) is 0 Å². The van der Waals surface area contributed by atoms with Crippen molar-refractivity contribution in [3.05, 3.63) is 101 Å². The maximum atomic E-state index is 14.3. The molecule has 46 heavy (non-hydrogen) atoms. The molecular formula is C35H38N6O5. The quantitative estimate of drug-likeness (QED) is 0.191. The van der Waals surface area contributed by atoms with Gasteiger partial charge in [0.2, 0.25) is 23.6 Å². The number of aromatic amines is 1. The molecule has 0 radical (unpaired) electrons. The summed E-state index contributed by atoms with van der Waals surface area (Å²) in [4.78, 5) is 60.8. The minimum atomic E-state index is -0.992. The van der Waals surface area contributed by atoms with Gasteiger partial charge in [0, 0.05) is 36.0 Å². The summed E-state index contributed by atoms with van der Waals surface area (Å²) in [6, 6.07) is 20.0. The predicted molar refractivity (Wildman–Crippen MR) is 172 cm³/mol. The highest BCUT2D eigenvalue weighted by molar-refractivity contribution is 5.96. The first kappa shape index (κ1) is 30.8. The SMILES string of the molecule is NC(=O)[C@H](Cc1ccccc1)N1Cc2[nH]c3ccccc3c2C[C@H](NC(=O)[C@@H]2CCCN2C(=O)[C@@H](N)Cc2ccc(O)cc2)C1=O. The van der Waals surface area contributed by atoms with E-state index < -0.39 is 41.9 Å². The highest BCUT2D eigenvalue weighted by Crippen LogP contribution is 2.30. The van der Waals surface area contributed by atoms with Crippen molar-refractivity contribution in [1.29, 1.82) is 0 Å². The van der Waals surface area contributed by atoms with Crippen LogP contribution in [-0.2, 0) is 45.0 Å². The van der Waals surface area contributed by atoms with Gasteiger partial charge in [0.25, 0.3) is 0 Å². The van der Waals surface area contributed by atoms with Gasteiger partial charge in [-0.1, -0.05) is 60.7 Å².